The van der Waals surface area contributed by atoms with Crippen LogP contribution in [-0.4, -0.2) is 51.5 Å². The Labute approximate surface area is 161 Å². The van der Waals surface area contributed by atoms with E-state index in [1.54, 1.807) is 38.5 Å². The molecule has 1 aromatic heterocycles. The van der Waals surface area contributed by atoms with Crippen molar-refractivity contribution in [3.63, 3.8) is 0 Å². The van der Waals surface area contributed by atoms with Gasteiger partial charge in [0.1, 0.15) is 18.0 Å². The normalized spacial score (nSPS) is 19.6. The van der Waals surface area contributed by atoms with Crippen LogP contribution in [0.15, 0.2) is 35.6 Å². The molecule has 0 bridgehead atoms. The van der Waals surface area contributed by atoms with Crippen molar-refractivity contribution in [2.24, 2.45) is 0 Å². The number of carbonyl (C=O) groups is 1. The Bertz CT molecular complexity index is 940. The van der Waals surface area contributed by atoms with Crippen LogP contribution in [0.1, 0.15) is 15.2 Å². The van der Waals surface area contributed by atoms with E-state index >= 15 is 0 Å². The van der Waals surface area contributed by atoms with Gasteiger partial charge in [0.05, 0.1) is 18.9 Å². The summed E-state index contributed by atoms with van der Waals surface area (Å²) < 4.78 is 22.1. The van der Waals surface area contributed by atoms with Crippen molar-refractivity contribution in [2.45, 2.75) is 19.1 Å². The van der Waals surface area contributed by atoms with E-state index in [4.69, 9.17) is 18.9 Å². The Balaban J connectivity index is 2.11. The summed E-state index contributed by atoms with van der Waals surface area (Å²) in [5, 5.41) is 11.1. The SMILES string of the molecule is COC1=CC(C(=O)c2c(C)sc3c(O)c(OC)ccc23)=CC(OC)C1OC. The van der Waals surface area contributed by atoms with Gasteiger partial charge >= 0.3 is 0 Å². The first-order valence-electron chi connectivity index (χ1n) is 8.33. The molecule has 1 aromatic carbocycles. The van der Waals surface area contributed by atoms with Crippen molar-refractivity contribution < 1.29 is 28.8 Å². The number of thiophene rings is 1. The van der Waals surface area contributed by atoms with Crippen molar-refractivity contribution in [3.8, 4) is 11.5 Å². The van der Waals surface area contributed by atoms with Gasteiger partial charge < -0.3 is 24.1 Å². The highest BCUT2D eigenvalue weighted by Gasteiger charge is 2.32. The minimum absolute atomic E-state index is 0.0436. The van der Waals surface area contributed by atoms with Gasteiger partial charge in [-0.3, -0.25) is 4.79 Å². The van der Waals surface area contributed by atoms with Crippen LogP contribution in [0.3, 0.4) is 0 Å². The fourth-order valence-electron chi connectivity index (χ4n) is 3.31. The van der Waals surface area contributed by atoms with Crippen molar-refractivity contribution >= 4 is 27.2 Å². The molecule has 6 nitrogen and oxygen atoms in total. The van der Waals surface area contributed by atoms with E-state index in [-0.39, 0.29) is 11.5 Å². The number of ketones is 1. The van der Waals surface area contributed by atoms with Crippen molar-refractivity contribution in [2.75, 3.05) is 28.4 Å². The average molecular weight is 390 g/mol. The highest BCUT2D eigenvalue weighted by molar-refractivity contribution is 7.20. The number of aryl methyl sites for hydroxylation is 1. The van der Waals surface area contributed by atoms with Gasteiger partial charge in [-0.2, -0.15) is 0 Å². The van der Waals surface area contributed by atoms with Crippen LogP contribution >= 0.6 is 11.3 Å². The molecule has 0 saturated carbocycles. The molecular weight excluding hydrogens is 368 g/mol. The molecule has 1 N–H and O–H groups in total. The summed E-state index contributed by atoms with van der Waals surface area (Å²) in [4.78, 5) is 14.1. The van der Waals surface area contributed by atoms with Crippen LogP contribution in [0.25, 0.3) is 10.1 Å². The van der Waals surface area contributed by atoms with E-state index in [9.17, 15) is 9.90 Å². The molecule has 3 rings (SSSR count). The molecule has 27 heavy (non-hydrogen) atoms. The second kappa shape index (κ2) is 7.72. The Hall–Kier alpha value is -2.35. The van der Waals surface area contributed by atoms with Crippen LogP contribution < -0.4 is 4.74 Å². The molecule has 1 aliphatic rings. The monoisotopic (exact) mass is 390 g/mol. The fraction of sp³-hybridized carbons (Fsp3) is 0.350. The summed E-state index contributed by atoms with van der Waals surface area (Å²) in [5.74, 6) is 0.789. The average Bonchev–Trinajstić information content (AvgIpc) is 3.03. The lowest BCUT2D eigenvalue weighted by Gasteiger charge is -2.28. The first-order chi connectivity index (χ1) is 13.0. The predicted octanol–water partition coefficient (Wildman–Crippen LogP) is 3.61. The minimum atomic E-state index is -0.437. The molecule has 0 radical (unpaired) electrons. The lowest BCUT2D eigenvalue weighted by molar-refractivity contribution is -0.0189. The van der Waals surface area contributed by atoms with Crippen LogP contribution in [0.4, 0.5) is 0 Å². The first-order valence-corrected chi connectivity index (χ1v) is 9.15. The summed E-state index contributed by atoms with van der Waals surface area (Å²) in [7, 11) is 6.16. The molecular formula is C20H22O6S. The van der Waals surface area contributed by atoms with E-state index in [0.717, 1.165) is 4.88 Å². The molecule has 2 aromatic rings. The smallest absolute Gasteiger partial charge is 0.194 e. The Morgan fingerprint density at radius 1 is 1.11 bits per heavy atom. The summed E-state index contributed by atoms with van der Waals surface area (Å²) in [6, 6.07) is 3.45. The Morgan fingerprint density at radius 3 is 2.44 bits per heavy atom. The number of benzene rings is 1. The second-order valence-corrected chi connectivity index (χ2v) is 7.31. The molecule has 0 spiro atoms. The number of aromatic hydroxyl groups is 1. The maximum Gasteiger partial charge on any atom is 0.194 e. The molecule has 7 heteroatoms. The zero-order valence-corrected chi connectivity index (χ0v) is 16.7. The number of carbonyl (C=O) groups excluding carboxylic acids is 1. The van der Waals surface area contributed by atoms with E-state index in [2.05, 4.69) is 0 Å². The molecule has 2 unspecified atom stereocenters. The van der Waals surface area contributed by atoms with E-state index < -0.39 is 12.2 Å². The first kappa shape index (κ1) is 19.4. The molecule has 0 fully saturated rings. The van der Waals surface area contributed by atoms with Gasteiger partial charge in [0.2, 0.25) is 0 Å². The molecule has 0 saturated heterocycles. The van der Waals surface area contributed by atoms with Gasteiger partial charge in [-0.15, -0.1) is 11.3 Å². The highest BCUT2D eigenvalue weighted by atomic mass is 32.1. The summed E-state index contributed by atoms with van der Waals surface area (Å²) in [6.45, 7) is 1.86. The zero-order valence-electron chi connectivity index (χ0n) is 15.9. The summed E-state index contributed by atoms with van der Waals surface area (Å²) in [5.41, 5.74) is 1.02. The largest absolute Gasteiger partial charge is 0.503 e. The van der Waals surface area contributed by atoms with Gasteiger partial charge in [0.25, 0.3) is 0 Å². The summed E-state index contributed by atoms with van der Waals surface area (Å²) in [6.07, 6.45) is 2.57. The quantitative estimate of drug-likeness (QED) is 0.760. The Kier molecular flexibility index (Phi) is 5.55. The molecule has 1 aliphatic carbocycles. The number of fused-ring (bicyclic) bond motifs is 1. The number of hydrogen-bond donors (Lipinski definition) is 1. The van der Waals surface area contributed by atoms with E-state index in [1.165, 1.54) is 25.6 Å². The maximum absolute atomic E-state index is 13.3. The number of allylic oxidation sites excluding steroid dienone is 2. The second-order valence-electron chi connectivity index (χ2n) is 6.08. The molecule has 0 amide bonds. The number of ether oxygens (including phenoxy) is 4. The highest BCUT2D eigenvalue weighted by Crippen LogP contribution is 2.43. The lowest BCUT2D eigenvalue weighted by Crippen LogP contribution is -2.34. The van der Waals surface area contributed by atoms with Crippen LogP contribution in [0.5, 0.6) is 11.5 Å². The third-order valence-corrected chi connectivity index (χ3v) is 5.79. The van der Waals surface area contributed by atoms with Crippen LogP contribution in [0, 0.1) is 6.92 Å². The third kappa shape index (κ3) is 3.22. The molecule has 2 atom stereocenters. The lowest BCUT2D eigenvalue weighted by atomic mass is 9.93. The van der Waals surface area contributed by atoms with Crippen molar-refractivity contribution in [3.05, 3.63) is 46.1 Å². The van der Waals surface area contributed by atoms with Gasteiger partial charge in [-0.1, -0.05) is 0 Å². The number of phenols is 1. The Morgan fingerprint density at radius 2 is 1.85 bits per heavy atom. The maximum atomic E-state index is 13.3. The predicted molar refractivity (Wildman–Crippen MR) is 104 cm³/mol. The van der Waals surface area contributed by atoms with Gasteiger partial charge in [0.15, 0.2) is 17.3 Å². The van der Waals surface area contributed by atoms with Crippen LogP contribution in [0.2, 0.25) is 0 Å². The zero-order chi connectivity index (χ0) is 19.7. The topological polar surface area (TPSA) is 74.2 Å². The van der Waals surface area contributed by atoms with Gasteiger partial charge in [-0.25, -0.2) is 0 Å². The number of rotatable bonds is 6. The fourth-order valence-corrected chi connectivity index (χ4v) is 4.39. The standard InChI is InChI=1S/C20H22O6S/c1-10-16(12-6-7-13(23-2)18(22)20(12)27-10)17(21)11-8-14(24-3)19(26-5)15(9-11)25-4/h6-9,14,19,22H,1-5H3. The third-order valence-electron chi connectivity index (χ3n) is 4.66. The number of hydrogen-bond acceptors (Lipinski definition) is 7. The molecule has 0 aliphatic heterocycles. The van der Waals surface area contributed by atoms with Crippen molar-refractivity contribution in [1.29, 1.82) is 0 Å². The number of phenolic OH excluding ortho intramolecular Hbond substituents is 1. The summed E-state index contributed by atoms with van der Waals surface area (Å²) >= 11 is 1.36. The van der Waals surface area contributed by atoms with Crippen LogP contribution in [-0.2, 0) is 14.2 Å². The van der Waals surface area contributed by atoms with Gasteiger partial charge in [-0.05, 0) is 31.2 Å². The number of Topliss-reactive ketones (excluding diaryl/α,β-unsaturated/α-hetero) is 1. The number of methoxy groups -OCH3 is 4. The molecule has 144 valence electrons. The molecule has 1 heterocycles. The van der Waals surface area contributed by atoms with E-state index in [0.29, 0.717) is 32.7 Å². The van der Waals surface area contributed by atoms with Gasteiger partial charge in [0, 0.05) is 35.6 Å². The van der Waals surface area contributed by atoms with E-state index in [1.807, 2.05) is 6.92 Å². The van der Waals surface area contributed by atoms with Crippen molar-refractivity contribution in [1.82, 2.24) is 0 Å². The minimum Gasteiger partial charge on any atom is -0.503 e.